The zero-order valence-electron chi connectivity index (χ0n) is 17.5. The number of Topliss-reactive ketones (excluding diaryl/α,β-unsaturated/α-hetero) is 1. The molecule has 4 rings (SSSR count). The number of aromatic nitrogens is 2. The summed E-state index contributed by atoms with van der Waals surface area (Å²) in [5.41, 5.74) is 9.04. The number of aryl methyl sites for hydroxylation is 1. The molecule has 0 amide bonds. The third kappa shape index (κ3) is 5.59. The Morgan fingerprint density at radius 3 is 3.03 bits per heavy atom. The molecule has 160 valence electrons. The zero-order valence-corrected chi connectivity index (χ0v) is 19.1. The van der Waals surface area contributed by atoms with Gasteiger partial charge in [-0.1, -0.05) is 25.2 Å². The Balaban J connectivity index is 0.000000216. The molecular formula is C22H29N5OS2. The fourth-order valence-corrected chi connectivity index (χ4v) is 4.80. The quantitative estimate of drug-likeness (QED) is 0.538. The van der Waals surface area contributed by atoms with Gasteiger partial charge >= 0.3 is 0 Å². The summed E-state index contributed by atoms with van der Waals surface area (Å²) in [4.78, 5) is 20.6. The van der Waals surface area contributed by atoms with Crippen LogP contribution in [-0.4, -0.2) is 42.1 Å². The van der Waals surface area contributed by atoms with Crippen molar-refractivity contribution in [1.29, 1.82) is 0 Å². The van der Waals surface area contributed by atoms with Gasteiger partial charge in [0.2, 0.25) is 0 Å². The number of ketones is 1. The van der Waals surface area contributed by atoms with E-state index in [1.54, 1.807) is 35.9 Å². The lowest BCUT2D eigenvalue weighted by Gasteiger charge is -2.32. The van der Waals surface area contributed by atoms with Crippen LogP contribution in [0, 0.1) is 11.8 Å². The van der Waals surface area contributed by atoms with Crippen LogP contribution in [0.1, 0.15) is 31.7 Å². The van der Waals surface area contributed by atoms with Crippen LogP contribution in [0.15, 0.2) is 45.7 Å². The molecule has 0 aromatic carbocycles. The van der Waals surface area contributed by atoms with Crippen LogP contribution in [0.2, 0.25) is 0 Å². The van der Waals surface area contributed by atoms with Gasteiger partial charge in [-0.3, -0.25) is 4.79 Å². The van der Waals surface area contributed by atoms with Crippen molar-refractivity contribution in [3.63, 3.8) is 0 Å². The lowest BCUT2D eigenvalue weighted by atomic mass is 9.76. The molecule has 3 heterocycles. The zero-order chi connectivity index (χ0) is 21.3. The minimum atomic E-state index is 0. The van der Waals surface area contributed by atoms with Crippen molar-refractivity contribution in [3.8, 4) is 0 Å². The highest BCUT2D eigenvalue weighted by molar-refractivity contribution is 7.10. The Morgan fingerprint density at radius 2 is 2.33 bits per heavy atom. The molecule has 1 saturated heterocycles. The molecule has 2 aromatic heterocycles. The molecule has 2 atom stereocenters. The second kappa shape index (κ2) is 11.1. The van der Waals surface area contributed by atoms with E-state index >= 15 is 0 Å². The summed E-state index contributed by atoms with van der Waals surface area (Å²) in [6.45, 7) is 5.51. The lowest BCUT2D eigenvalue weighted by Crippen LogP contribution is -2.44. The number of allylic oxidation sites excluding steroid dienone is 5. The number of carbonyl (C=O) groups is 1. The highest BCUT2D eigenvalue weighted by Crippen LogP contribution is 2.34. The molecule has 2 unspecified atom stereocenters. The number of fused-ring (bicyclic) bond motifs is 1. The lowest BCUT2D eigenvalue weighted by molar-refractivity contribution is -0.122. The number of piperidine rings is 1. The first-order chi connectivity index (χ1) is 14.6. The summed E-state index contributed by atoms with van der Waals surface area (Å²) in [5.74, 6) is 0.588. The molecule has 8 heteroatoms. The van der Waals surface area contributed by atoms with Gasteiger partial charge in [-0.25, -0.2) is 9.97 Å². The van der Waals surface area contributed by atoms with Gasteiger partial charge in [-0.2, -0.15) is 5.10 Å². The molecule has 2 aliphatic rings. The second-order valence-corrected chi connectivity index (χ2v) is 8.54. The van der Waals surface area contributed by atoms with Crippen molar-refractivity contribution in [2.75, 3.05) is 20.1 Å². The van der Waals surface area contributed by atoms with E-state index in [1.807, 2.05) is 36.0 Å². The highest BCUT2D eigenvalue weighted by Gasteiger charge is 2.34. The maximum Gasteiger partial charge on any atom is 0.154 e. The monoisotopic (exact) mass is 443 g/mol. The fourth-order valence-electron chi connectivity index (χ4n) is 3.34. The molecule has 1 aliphatic carbocycles. The topological polar surface area (TPSA) is 79.3 Å². The summed E-state index contributed by atoms with van der Waals surface area (Å²) >= 11 is 3.27. The van der Waals surface area contributed by atoms with Crippen molar-refractivity contribution in [3.05, 3.63) is 57.0 Å². The van der Waals surface area contributed by atoms with E-state index in [0.717, 1.165) is 34.9 Å². The Morgan fingerprint density at radius 1 is 1.47 bits per heavy atom. The van der Waals surface area contributed by atoms with Gasteiger partial charge < -0.3 is 10.7 Å². The number of hydrogen-bond acceptors (Lipinski definition) is 8. The van der Waals surface area contributed by atoms with Gasteiger partial charge in [0.25, 0.3) is 0 Å². The maximum atomic E-state index is 11.8. The summed E-state index contributed by atoms with van der Waals surface area (Å²) in [6, 6.07) is 0. The average Bonchev–Trinajstić information content (AvgIpc) is 3.46. The van der Waals surface area contributed by atoms with E-state index < -0.39 is 0 Å². The van der Waals surface area contributed by atoms with Gasteiger partial charge in [0.1, 0.15) is 5.01 Å². The van der Waals surface area contributed by atoms with Crippen LogP contribution >= 0.6 is 22.7 Å². The standard InChI is InChI=1S/C12H12N2OS.C10H15N3S.H2/c15-12-5-13-4-10-8(2-1-3-9(10)12)11-6-16-7-14-11;1-4-9-7-14-10(13-9)8(2)5-6-12-11-3;/h1-3,6-7,9-10,13H,4-5H2;5-7,11H,4H2,1-3H3;1H/b;8-5+,12-6-;. The maximum absolute atomic E-state index is 11.8. The van der Waals surface area contributed by atoms with Crippen molar-refractivity contribution < 1.29 is 6.22 Å². The van der Waals surface area contributed by atoms with Crippen LogP contribution in [0.4, 0.5) is 0 Å². The number of thiazole rings is 2. The average molecular weight is 444 g/mol. The van der Waals surface area contributed by atoms with Crippen LogP contribution in [0.3, 0.4) is 0 Å². The number of nitrogens with one attached hydrogen (secondary N) is 2. The van der Waals surface area contributed by atoms with E-state index in [2.05, 4.69) is 44.2 Å². The Kier molecular flexibility index (Phi) is 8.24. The van der Waals surface area contributed by atoms with Crippen LogP contribution in [0.5, 0.6) is 0 Å². The number of carbonyl (C=O) groups excluding carboxylic acids is 1. The summed E-state index contributed by atoms with van der Waals surface area (Å²) in [6.07, 6.45) is 10.8. The number of hydrazone groups is 1. The largest absolute Gasteiger partial charge is 0.313 e. The molecule has 6 nitrogen and oxygen atoms in total. The Labute approximate surface area is 187 Å². The first-order valence-corrected chi connectivity index (χ1v) is 11.8. The number of rotatable bonds is 5. The van der Waals surface area contributed by atoms with Crippen LogP contribution in [-0.2, 0) is 11.2 Å². The number of hydrogen-bond donors (Lipinski definition) is 2. The van der Waals surface area contributed by atoms with Crippen LogP contribution < -0.4 is 10.7 Å². The molecule has 2 N–H and O–H groups in total. The minimum absolute atomic E-state index is 0. The summed E-state index contributed by atoms with van der Waals surface area (Å²) in [5, 5.41) is 12.3. The molecule has 1 fully saturated rings. The molecule has 0 spiro atoms. The summed E-state index contributed by atoms with van der Waals surface area (Å²) in [7, 11) is 1.78. The molecular weight excluding hydrogens is 414 g/mol. The third-order valence-electron chi connectivity index (χ3n) is 4.97. The molecule has 0 radical (unpaired) electrons. The van der Waals surface area contributed by atoms with E-state index in [0.29, 0.717) is 6.54 Å². The predicted molar refractivity (Wildman–Crippen MR) is 129 cm³/mol. The first-order valence-electron chi connectivity index (χ1n) is 9.95. The molecule has 2 aromatic rings. The van der Waals surface area contributed by atoms with E-state index in [1.165, 1.54) is 5.57 Å². The third-order valence-corrected chi connectivity index (χ3v) is 6.58. The van der Waals surface area contributed by atoms with Crippen molar-refractivity contribution >= 4 is 45.8 Å². The molecule has 30 heavy (non-hydrogen) atoms. The highest BCUT2D eigenvalue weighted by atomic mass is 32.1. The van der Waals surface area contributed by atoms with Gasteiger partial charge in [-0.15, -0.1) is 22.7 Å². The molecule has 1 aliphatic heterocycles. The smallest absolute Gasteiger partial charge is 0.154 e. The van der Waals surface area contributed by atoms with Crippen molar-refractivity contribution in [1.82, 2.24) is 20.7 Å². The van der Waals surface area contributed by atoms with Gasteiger partial charge in [0, 0.05) is 43.8 Å². The SMILES string of the molecule is CCc1csc(/C(C)=C/C=N\NC)n1.O=C1CNCC2C(c3cscn3)=CC=CC12.[HH]. The van der Waals surface area contributed by atoms with Crippen LogP contribution in [0.25, 0.3) is 11.1 Å². The van der Waals surface area contributed by atoms with Gasteiger partial charge in [-0.05, 0) is 30.6 Å². The Hall–Kier alpha value is -2.42. The van der Waals surface area contributed by atoms with Gasteiger partial charge in [0.05, 0.1) is 23.4 Å². The van der Waals surface area contributed by atoms with Crippen molar-refractivity contribution in [2.45, 2.75) is 20.3 Å². The fraction of sp³-hybridized carbons (Fsp3) is 0.364. The first kappa shape index (κ1) is 22.3. The normalized spacial score (nSPS) is 21.1. The Bertz CT molecular complexity index is 962. The van der Waals surface area contributed by atoms with E-state index in [9.17, 15) is 4.79 Å². The molecule has 0 bridgehead atoms. The predicted octanol–water partition coefficient (Wildman–Crippen LogP) is 4.06. The minimum Gasteiger partial charge on any atom is -0.313 e. The second-order valence-electron chi connectivity index (χ2n) is 6.96. The van der Waals surface area contributed by atoms with E-state index in [-0.39, 0.29) is 19.0 Å². The van der Waals surface area contributed by atoms with Gasteiger partial charge in [0.15, 0.2) is 5.78 Å². The molecule has 0 saturated carbocycles. The van der Waals surface area contributed by atoms with Crippen molar-refractivity contribution in [2.24, 2.45) is 16.9 Å². The van der Waals surface area contributed by atoms with E-state index in [4.69, 9.17) is 0 Å². The summed E-state index contributed by atoms with van der Waals surface area (Å²) < 4.78 is 0. The number of nitrogens with zero attached hydrogens (tertiary/aromatic N) is 3.